The molecule has 0 unspecified atom stereocenters. The van der Waals surface area contributed by atoms with Crippen LogP contribution < -0.4 is 15.1 Å². The highest BCUT2D eigenvalue weighted by molar-refractivity contribution is 6.76. The van der Waals surface area contributed by atoms with E-state index < -0.39 is 8.07 Å². The zero-order valence-electron chi connectivity index (χ0n) is 23.3. The maximum atomic E-state index is 13.1. The Bertz CT molecular complexity index is 1370. The van der Waals surface area contributed by atoms with E-state index in [9.17, 15) is 4.39 Å². The molecule has 4 heterocycles. The van der Waals surface area contributed by atoms with Crippen molar-refractivity contribution < 1.29 is 9.13 Å². The van der Waals surface area contributed by atoms with Crippen molar-refractivity contribution in [2.75, 3.05) is 41.9 Å². The predicted molar refractivity (Wildman–Crippen MR) is 159 cm³/mol. The fraction of sp³-hybridized carbons (Fsp3) is 0.414. The quantitative estimate of drug-likeness (QED) is 0.193. The Morgan fingerprint density at radius 3 is 2.64 bits per heavy atom. The number of ether oxygens (including phenoxy) is 1. The fourth-order valence-electron chi connectivity index (χ4n) is 4.83. The lowest BCUT2D eigenvalue weighted by atomic mass is 10.2. The molecule has 206 valence electrons. The van der Waals surface area contributed by atoms with Gasteiger partial charge in [-0.15, -0.1) is 0 Å². The van der Waals surface area contributed by atoms with Crippen molar-refractivity contribution in [2.24, 2.45) is 0 Å². The maximum Gasteiger partial charge on any atom is 0.147 e. The van der Waals surface area contributed by atoms with Crippen molar-refractivity contribution in [3.8, 4) is 0 Å². The maximum absolute atomic E-state index is 13.1. The minimum atomic E-state index is -1.11. The van der Waals surface area contributed by atoms with Gasteiger partial charge in [0.15, 0.2) is 0 Å². The second-order valence-corrected chi connectivity index (χ2v) is 17.1. The topological polar surface area (TPSA) is 71.3 Å². The summed E-state index contributed by atoms with van der Waals surface area (Å²) in [5, 5.41) is 4.41. The van der Waals surface area contributed by atoms with Crippen molar-refractivity contribution >= 4 is 36.4 Å². The molecule has 0 bridgehead atoms. The van der Waals surface area contributed by atoms with Gasteiger partial charge in [-0.05, 0) is 48.4 Å². The van der Waals surface area contributed by atoms with Crippen molar-refractivity contribution in [1.82, 2.24) is 19.5 Å². The molecule has 1 saturated heterocycles. The molecule has 0 amide bonds. The minimum Gasteiger partial charge on any atom is -0.380 e. The third-order valence-electron chi connectivity index (χ3n) is 7.29. The van der Waals surface area contributed by atoms with Crippen LogP contribution in [0.4, 0.5) is 21.7 Å². The molecule has 0 aliphatic carbocycles. The number of hydrogen-bond acceptors (Lipinski definition) is 7. The normalized spacial score (nSPS) is 15.7. The average Bonchev–Trinajstić information content (AvgIpc) is 3.58. The van der Waals surface area contributed by atoms with Gasteiger partial charge < -0.3 is 24.4 Å². The van der Waals surface area contributed by atoms with Crippen LogP contribution in [-0.4, -0.2) is 60.4 Å². The number of hydrogen-bond donors (Lipinski definition) is 1. The van der Waals surface area contributed by atoms with Gasteiger partial charge in [0.25, 0.3) is 0 Å². The minimum absolute atomic E-state index is 0.224. The summed E-state index contributed by atoms with van der Waals surface area (Å²) >= 11 is 0. The van der Waals surface area contributed by atoms with E-state index in [2.05, 4.69) is 62.4 Å². The van der Waals surface area contributed by atoms with Crippen LogP contribution in [0.5, 0.6) is 0 Å². The first-order valence-electron chi connectivity index (χ1n) is 13.6. The van der Waals surface area contributed by atoms with Gasteiger partial charge >= 0.3 is 0 Å². The molecule has 8 nitrogen and oxygen atoms in total. The molecule has 0 radical (unpaired) electrons. The Morgan fingerprint density at radius 2 is 1.90 bits per heavy atom. The number of benzene rings is 1. The molecule has 1 aromatic carbocycles. The molecule has 0 spiro atoms. The molecule has 1 aliphatic rings. The van der Waals surface area contributed by atoms with Crippen LogP contribution >= 0.6 is 0 Å². The predicted octanol–water partition coefficient (Wildman–Crippen LogP) is 5.60. The van der Waals surface area contributed by atoms with Gasteiger partial charge in [0.2, 0.25) is 0 Å². The largest absolute Gasteiger partial charge is 0.380 e. The summed E-state index contributed by atoms with van der Waals surface area (Å²) in [5.41, 5.74) is 2.87. The number of rotatable bonds is 11. The van der Waals surface area contributed by atoms with E-state index in [1.165, 1.54) is 12.1 Å². The van der Waals surface area contributed by atoms with Crippen LogP contribution in [0.1, 0.15) is 12.0 Å². The highest BCUT2D eigenvalue weighted by atomic mass is 28.3. The monoisotopic (exact) mass is 547 g/mol. The third kappa shape index (κ3) is 6.74. The lowest BCUT2D eigenvalue weighted by molar-refractivity contribution is 0.0899. The van der Waals surface area contributed by atoms with E-state index in [-0.39, 0.29) is 5.82 Å². The molecule has 39 heavy (non-hydrogen) atoms. The Kier molecular flexibility index (Phi) is 8.13. The van der Waals surface area contributed by atoms with Crippen LogP contribution in [0, 0.1) is 5.82 Å². The summed E-state index contributed by atoms with van der Waals surface area (Å²) in [7, 11) is 0.993. The highest BCUT2D eigenvalue weighted by Gasteiger charge is 2.29. The molecule has 10 heteroatoms. The van der Waals surface area contributed by atoms with Crippen LogP contribution in [-0.2, 0) is 18.0 Å². The van der Waals surface area contributed by atoms with Crippen LogP contribution in [0.3, 0.4) is 0 Å². The summed E-state index contributed by atoms with van der Waals surface area (Å²) in [4.78, 5) is 18.5. The van der Waals surface area contributed by atoms with Crippen molar-refractivity contribution in [3.05, 3.63) is 72.6 Å². The molecule has 3 aromatic heterocycles. The molecule has 1 fully saturated rings. The zero-order chi connectivity index (χ0) is 27.4. The van der Waals surface area contributed by atoms with Crippen molar-refractivity contribution in [1.29, 1.82) is 0 Å². The first-order valence-corrected chi connectivity index (χ1v) is 17.3. The van der Waals surface area contributed by atoms with E-state index in [1.54, 1.807) is 18.5 Å². The number of aromatic nitrogens is 4. The highest BCUT2D eigenvalue weighted by Crippen LogP contribution is 2.29. The summed E-state index contributed by atoms with van der Waals surface area (Å²) in [5.74, 6) is 1.69. The van der Waals surface area contributed by atoms with E-state index in [0.29, 0.717) is 19.3 Å². The van der Waals surface area contributed by atoms with Gasteiger partial charge in [-0.1, -0.05) is 31.8 Å². The summed E-state index contributed by atoms with van der Waals surface area (Å²) in [6.45, 7) is 10.8. The molecule has 1 N–H and O–H groups in total. The van der Waals surface area contributed by atoms with Crippen LogP contribution in [0.2, 0.25) is 25.7 Å². The summed E-state index contributed by atoms with van der Waals surface area (Å²) in [6, 6.07) is 14.2. The molecular formula is C29H38FN7OSi. The lowest BCUT2D eigenvalue weighted by Gasteiger charge is -2.26. The third-order valence-corrected chi connectivity index (χ3v) is 9.00. The number of nitrogens with one attached hydrogen (secondary N) is 1. The Morgan fingerprint density at radius 1 is 1.08 bits per heavy atom. The van der Waals surface area contributed by atoms with E-state index in [1.807, 2.05) is 24.5 Å². The number of pyridine rings is 1. The summed E-state index contributed by atoms with van der Waals surface area (Å²) < 4.78 is 21.2. The molecular weight excluding hydrogens is 509 g/mol. The van der Waals surface area contributed by atoms with E-state index in [4.69, 9.17) is 9.72 Å². The number of likely N-dealkylation sites (N-methyl/N-ethyl adjacent to an activating group) is 1. The fourth-order valence-corrected chi connectivity index (χ4v) is 5.59. The smallest absolute Gasteiger partial charge is 0.147 e. The number of anilines is 3. The van der Waals surface area contributed by atoms with Crippen molar-refractivity contribution in [3.63, 3.8) is 0 Å². The SMILES string of the molecule is CN(c1ccc(NCc2ccc(F)cc2)cn1)[C@@H]1CCN(c2ncnc3c2ccn3COCC[Si](C)(C)C)C1. The second kappa shape index (κ2) is 11.7. The lowest BCUT2D eigenvalue weighted by Crippen LogP contribution is -2.35. The van der Waals surface area contributed by atoms with E-state index in [0.717, 1.165) is 66.1 Å². The molecule has 4 aromatic rings. The Balaban J connectivity index is 1.18. The average molecular weight is 548 g/mol. The van der Waals surface area contributed by atoms with Crippen molar-refractivity contribution in [2.45, 2.75) is 51.4 Å². The molecule has 1 aliphatic heterocycles. The van der Waals surface area contributed by atoms with Gasteiger partial charge in [0.1, 0.15) is 36.2 Å². The zero-order valence-corrected chi connectivity index (χ0v) is 24.3. The van der Waals surface area contributed by atoms with E-state index >= 15 is 0 Å². The molecule has 1 atom stereocenters. The first kappa shape index (κ1) is 27.1. The number of fused-ring (bicyclic) bond motifs is 1. The second-order valence-electron chi connectivity index (χ2n) is 11.5. The van der Waals surface area contributed by atoms with Gasteiger partial charge in [0, 0.05) is 53.6 Å². The van der Waals surface area contributed by atoms with Crippen LogP contribution in [0.15, 0.2) is 61.2 Å². The van der Waals surface area contributed by atoms with Gasteiger partial charge in [-0.2, -0.15) is 0 Å². The van der Waals surface area contributed by atoms with Gasteiger partial charge in [-0.25, -0.2) is 19.3 Å². The Labute approximate surface area is 230 Å². The number of nitrogens with zero attached hydrogens (tertiary/aromatic N) is 6. The van der Waals surface area contributed by atoms with Crippen LogP contribution in [0.25, 0.3) is 11.0 Å². The molecule has 5 rings (SSSR count). The van der Waals surface area contributed by atoms with Gasteiger partial charge in [-0.3, -0.25) is 0 Å². The Hall–Kier alpha value is -3.50. The standard InChI is InChI=1S/C29H38FN7OSi/c1-35(27-10-9-24(18-32-27)31-17-22-5-7-23(30)8-6-22)25-11-13-36(19-25)28-26-12-14-37(29(26)34-20-33-28)21-38-15-16-39(2,3)4/h5-10,12,14,18,20,25,31H,11,13,15-17,19,21H2,1-4H3/t25-/m1/s1. The number of halogens is 1. The first-order chi connectivity index (χ1) is 18.8. The summed E-state index contributed by atoms with van der Waals surface area (Å²) in [6.07, 6.45) is 6.58. The van der Waals surface area contributed by atoms with Gasteiger partial charge in [0.05, 0.1) is 17.3 Å². The molecule has 0 saturated carbocycles.